The molecule has 0 unspecified atom stereocenters. The Morgan fingerprint density at radius 2 is 1.51 bits per heavy atom. The van der Waals surface area contributed by atoms with E-state index in [4.69, 9.17) is 9.47 Å². The van der Waals surface area contributed by atoms with Crippen molar-refractivity contribution in [2.24, 2.45) is 0 Å². The molecular weight excluding hydrogens is 462 g/mol. The summed E-state index contributed by atoms with van der Waals surface area (Å²) in [6, 6.07) is 24.5. The summed E-state index contributed by atoms with van der Waals surface area (Å²) in [5.41, 5.74) is 4.40. The average molecular weight is 502 g/mol. The van der Waals surface area contributed by atoms with Gasteiger partial charge in [-0.1, -0.05) is 54.6 Å². The molecule has 0 aliphatic carbocycles. The molecule has 196 valence electrons. The van der Waals surface area contributed by atoms with Crippen LogP contribution in [0.5, 0.6) is 11.5 Å². The second-order valence-electron chi connectivity index (χ2n) is 9.32. The number of carbonyl (C=O) groups is 1. The highest BCUT2D eigenvalue weighted by Gasteiger charge is 2.19. The SMILES string of the molecule is CCOc1ccccc1N1CCN(CCCCC(=O)NCc2ccccc2-c2ccccc2OC)CC1. The van der Waals surface area contributed by atoms with E-state index in [0.29, 0.717) is 19.6 Å². The normalized spacial score (nSPS) is 13.8. The maximum atomic E-state index is 12.6. The van der Waals surface area contributed by atoms with Crippen molar-refractivity contribution in [1.82, 2.24) is 10.2 Å². The van der Waals surface area contributed by atoms with Crippen LogP contribution in [0.2, 0.25) is 0 Å². The Bertz CT molecular complexity index is 1140. The predicted octanol–water partition coefficient (Wildman–Crippen LogP) is 5.37. The molecule has 1 fully saturated rings. The van der Waals surface area contributed by atoms with Gasteiger partial charge >= 0.3 is 0 Å². The van der Waals surface area contributed by atoms with Gasteiger partial charge in [0.15, 0.2) is 0 Å². The third kappa shape index (κ3) is 7.26. The molecular formula is C31H39N3O3. The second kappa shape index (κ2) is 13.7. The summed E-state index contributed by atoms with van der Waals surface area (Å²) < 4.78 is 11.3. The number of amides is 1. The molecule has 0 atom stereocenters. The number of hydrogen-bond donors (Lipinski definition) is 1. The number of ether oxygens (including phenoxy) is 2. The zero-order valence-electron chi connectivity index (χ0n) is 22.1. The Labute approximate surface area is 221 Å². The minimum absolute atomic E-state index is 0.104. The topological polar surface area (TPSA) is 54.0 Å². The summed E-state index contributed by atoms with van der Waals surface area (Å²) >= 11 is 0. The third-order valence-electron chi connectivity index (χ3n) is 6.90. The van der Waals surface area contributed by atoms with E-state index in [2.05, 4.69) is 45.4 Å². The molecule has 4 rings (SSSR count). The molecule has 1 aliphatic rings. The molecule has 1 saturated heterocycles. The van der Waals surface area contributed by atoms with Gasteiger partial charge in [0.2, 0.25) is 5.91 Å². The first kappa shape index (κ1) is 26.6. The number of anilines is 1. The molecule has 1 N–H and O–H groups in total. The van der Waals surface area contributed by atoms with Gasteiger partial charge in [-0.2, -0.15) is 0 Å². The lowest BCUT2D eigenvalue weighted by atomic mass is 9.98. The molecule has 0 spiro atoms. The largest absolute Gasteiger partial charge is 0.496 e. The van der Waals surface area contributed by atoms with Crippen LogP contribution in [-0.4, -0.2) is 57.2 Å². The van der Waals surface area contributed by atoms with Crippen LogP contribution in [0.1, 0.15) is 31.7 Å². The number of unbranched alkanes of at least 4 members (excludes halogenated alkanes) is 1. The van der Waals surface area contributed by atoms with Gasteiger partial charge in [0.25, 0.3) is 0 Å². The van der Waals surface area contributed by atoms with Crippen molar-refractivity contribution in [2.45, 2.75) is 32.7 Å². The molecule has 6 heteroatoms. The van der Waals surface area contributed by atoms with E-state index in [1.165, 1.54) is 5.69 Å². The summed E-state index contributed by atoms with van der Waals surface area (Å²) in [6.07, 6.45) is 2.48. The number of hydrogen-bond acceptors (Lipinski definition) is 5. The molecule has 3 aromatic carbocycles. The van der Waals surface area contributed by atoms with Gasteiger partial charge in [-0.05, 0) is 55.6 Å². The molecule has 37 heavy (non-hydrogen) atoms. The van der Waals surface area contributed by atoms with Gasteiger partial charge < -0.3 is 19.7 Å². The predicted molar refractivity (Wildman–Crippen MR) is 150 cm³/mol. The second-order valence-corrected chi connectivity index (χ2v) is 9.32. The first-order valence-electron chi connectivity index (χ1n) is 13.4. The number of nitrogens with one attached hydrogen (secondary N) is 1. The van der Waals surface area contributed by atoms with E-state index in [0.717, 1.165) is 73.8 Å². The van der Waals surface area contributed by atoms with Gasteiger partial charge in [0.1, 0.15) is 11.5 Å². The fourth-order valence-electron chi connectivity index (χ4n) is 4.92. The zero-order chi connectivity index (χ0) is 25.9. The van der Waals surface area contributed by atoms with E-state index in [9.17, 15) is 4.79 Å². The Balaban J connectivity index is 1.18. The molecule has 1 heterocycles. The summed E-state index contributed by atoms with van der Waals surface area (Å²) in [5, 5.41) is 3.11. The lowest BCUT2D eigenvalue weighted by Gasteiger charge is -2.36. The number of para-hydroxylation sites is 3. The van der Waals surface area contributed by atoms with E-state index in [-0.39, 0.29) is 5.91 Å². The minimum Gasteiger partial charge on any atom is -0.496 e. The fraction of sp³-hybridized carbons (Fsp3) is 0.387. The highest BCUT2D eigenvalue weighted by atomic mass is 16.5. The van der Waals surface area contributed by atoms with Crippen LogP contribution in [0.15, 0.2) is 72.8 Å². The van der Waals surface area contributed by atoms with Crippen LogP contribution >= 0.6 is 0 Å². The van der Waals surface area contributed by atoms with Crippen molar-refractivity contribution in [2.75, 3.05) is 51.3 Å². The number of methoxy groups -OCH3 is 1. The molecule has 6 nitrogen and oxygen atoms in total. The summed E-state index contributed by atoms with van der Waals surface area (Å²) in [4.78, 5) is 17.5. The molecule has 1 amide bonds. The maximum Gasteiger partial charge on any atom is 0.220 e. The van der Waals surface area contributed by atoms with E-state index in [1.54, 1.807) is 7.11 Å². The third-order valence-corrected chi connectivity index (χ3v) is 6.90. The lowest BCUT2D eigenvalue weighted by Crippen LogP contribution is -2.46. The summed E-state index contributed by atoms with van der Waals surface area (Å²) in [6.45, 7) is 8.31. The smallest absolute Gasteiger partial charge is 0.220 e. The molecule has 0 saturated carbocycles. The van der Waals surface area contributed by atoms with Crippen molar-refractivity contribution in [3.8, 4) is 22.6 Å². The van der Waals surface area contributed by atoms with Gasteiger partial charge in [-0.15, -0.1) is 0 Å². The van der Waals surface area contributed by atoms with Gasteiger partial charge in [0.05, 0.1) is 19.4 Å². The number of benzene rings is 3. The minimum atomic E-state index is 0.104. The molecule has 0 radical (unpaired) electrons. The maximum absolute atomic E-state index is 12.6. The molecule has 3 aromatic rings. The standard InChI is InChI=1S/C31H39N3O3/c1-3-37-30-17-9-7-15-28(30)34-22-20-33(21-23-34)19-11-10-18-31(35)32-24-25-12-4-5-13-26(25)27-14-6-8-16-29(27)36-2/h4-9,12-17H,3,10-11,18-24H2,1-2H3,(H,32,35). The van der Waals surface area contributed by atoms with Crippen molar-refractivity contribution in [1.29, 1.82) is 0 Å². The summed E-state index contributed by atoms with van der Waals surface area (Å²) in [7, 11) is 1.69. The molecule has 0 aromatic heterocycles. The van der Waals surface area contributed by atoms with Crippen LogP contribution < -0.4 is 19.7 Å². The number of nitrogens with zero attached hydrogens (tertiary/aromatic N) is 2. The monoisotopic (exact) mass is 501 g/mol. The zero-order valence-corrected chi connectivity index (χ0v) is 22.1. The average Bonchev–Trinajstić information content (AvgIpc) is 2.95. The fourth-order valence-corrected chi connectivity index (χ4v) is 4.92. The molecule has 0 bridgehead atoms. The van der Waals surface area contributed by atoms with Crippen LogP contribution in [0.25, 0.3) is 11.1 Å². The Morgan fingerprint density at radius 1 is 0.838 bits per heavy atom. The highest BCUT2D eigenvalue weighted by Crippen LogP contribution is 2.32. The number of carbonyl (C=O) groups excluding carboxylic acids is 1. The Hall–Kier alpha value is -3.51. The van der Waals surface area contributed by atoms with Crippen LogP contribution in [0.3, 0.4) is 0 Å². The van der Waals surface area contributed by atoms with Crippen molar-refractivity contribution < 1.29 is 14.3 Å². The highest BCUT2D eigenvalue weighted by molar-refractivity contribution is 5.77. The number of rotatable bonds is 12. The Morgan fingerprint density at radius 3 is 2.27 bits per heavy atom. The number of piperazine rings is 1. The first-order chi connectivity index (χ1) is 18.2. The van der Waals surface area contributed by atoms with E-state index < -0.39 is 0 Å². The van der Waals surface area contributed by atoms with Crippen LogP contribution in [0.4, 0.5) is 5.69 Å². The van der Waals surface area contributed by atoms with Gasteiger partial charge in [-0.3, -0.25) is 9.69 Å². The van der Waals surface area contributed by atoms with Crippen molar-refractivity contribution in [3.05, 3.63) is 78.4 Å². The van der Waals surface area contributed by atoms with Gasteiger partial charge in [-0.25, -0.2) is 0 Å². The van der Waals surface area contributed by atoms with Crippen molar-refractivity contribution in [3.63, 3.8) is 0 Å². The lowest BCUT2D eigenvalue weighted by molar-refractivity contribution is -0.121. The van der Waals surface area contributed by atoms with E-state index >= 15 is 0 Å². The quantitative estimate of drug-likeness (QED) is 0.338. The molecule has 1 aliphatic heterocycles. The van der Waals surface area contributed by atoms with Crippen LogP contribution in [0, 0.1) is 0 Å². The van der Waals surface area contributed by atoms with Gasteiger partial charge in [0, 0.05) is 44.7 Å². The first-order valence-corrected chi connectivity index (χ1v) is 13.4. The van der Waals surface area contributed by atoms with Crippen LogP contribution in [-0.2, 0) is 11.3 Å². The summed E-state index contributed by atoms with van der Waals surface area (Å²) in [5.74, 6) is 1.91. The van der Waals surface area contributed by atoms with Crippen molar-refractivity contribution >= 4 is 11.6 Å². The van der Waals surface area contributed by atoms with E-state index in [1.807, 2.05) is 49.4 Å². The Kier molecular flexibility index (Phi) is 9.83.